The van der Waals surface area contributed by atoms with Crippen LogP contribution in [-0.2, 0) is 20.7 Å². The maximum atomic E-state index is 10.5. The van der Waals surface area contributed by atoms with Crippen molar-refractivity contribution in [2.45, 2.75) is 70.9 Å². The Balaban J connectivity index is 2.03. The van der Waals surface area contributed by atoms with E-state index in [1.807, 2.05) is 0 Å². The molecular weight excluding hydrogens is 318 g/mol. The van der Waals surface area contributed by atoms with Crippen LogP contribution < -0.4 is 0 Å². The van der Waals surface area contributed by atoms with Gasteiger partial charge in [-0.2, -0.15) is 0 Å². The average molecular weight is 343 g/mol. The summed E-state index contributed by atoms with van der Waals surface area (Å²) in [5, 5.41) is 37.6. The SMILES string of the molecule is CC(C)(C)CCCc1cn(C2OC(OC=O)C(O)C(O)C2O)nn1. The van der Waals surface area contributed by atoms with E-state index >= 15 is 0 Å². The van der Waals surface area contributed by atoms with Crippen LogP contribution in [0, 0.1) is 5.41 Å². The summed E-state index contributed by atoms with van der Waals surface area (Å²) in [5.41, 5.74) is 0.960. The van der Waals surface area contributed by atoms with Crippen LogP contribution in [0.5, 0.6) is 0 Å². The molecule has 136 valence electrons. The first-order valence-electron chi connectivity index (χ1n) is 7.92. The predicted octanol–water partition coefficient (Wildman–Crippen LogP) is -0.243. The fraction of sp³-hybridized carbons (Fsp3) is 0.800. The van der Waals surface area contributed by atoms with Crippen molar-refractivity contribution in [3.8, 4) is 0 Å². The van der Waals surface area contributed by atoms with Gasteiger partial charge < -0.3 is 24.8 Å². The molecule has 1 aromatic heterocycles. The third kappa shape index (κ3) is 4.50. The largest absolute Gasteiger partial charge is 0.435 e. The summed E-state index contributed by atoms with van der Waals surface area (Å²) in [6.45, 7) is 6.59. The van der Waals surface area contributed by atoms with E-state index in [1.165, 1.54) is 4.68 Å². The van der Waals surface area contributed by atoms with Crippen LogP contribution >= 0.6 is 0 Å². The van der Waals surface area contributed by atoms with E-state index in [2.05, 4.69) is 35.8 Å². The van der Waals surface area contributed by atoms with Gasteiger partial charge in [0.15, 0.2) is 6.23 Å². The summed E-state index contributed by atoms with van der Waals surface area (Å²) >= 11 is 0. The molecule has 0 radical (unpaired) electrons. The molecule has 0 saturated carbocycles. The van der Waals surface area contributed by atoms with E-state index in [9.17, 15) is 20.1 Å². The van der Waals surface area contributed by atoms with E-state index in [0.29, 0.717) is 0 Å². The summed E-state index contributed by atoms with van der Waals surface area (Å²) in [6, 6.07) is 0. The van der Waals surface area contributed by atoms with Gasteiger partial charge in [-0.25, -0.2) is 4.68 Å². The number of ether oxygens (including phenoxy) is 2. The average Bonchev–Trinajstić information content (AvgIpc) is 2.95. The molecular formula is C15H25N3O6. The smallest absolute Gasteiger partial charge is 0.295 e. The number of nitrogens with zero attached hydrogens (tertiary/aromatic N) is 3. The molecule has 5 unspecified atom stereocenters. The summed E-state index contributed by atoms with van der Waals surface area (Å²) in [6.07, 6.45) is -2.72. The third-order valence-corrected chi connectivity index (χ3v) is 3.91. The van der Waals surface area contributed by atoms with Gasteiger partial charge in [-0.1, -0.05) is 26.0 Å². The molecule has 0 aliphatic carbocycles. The van der Waals surface area contributed by atoms with Gasteiger partial charge in [0.05, 0.1) is 11.9 Å². The number of carbonyl (C=O) groups is 1. The Morgan fingerprint density at radius 2 is 2.00 bits per heavy atom. The van der Waals surface area contributed by atoms with Gasteiger partial charge in [0.25, 0.3) is 6.47 Å². The minimum Gasteiger partial charge on any atom is -0.435 e. The van der Waals surface area contributed by atoms with Gasteiger partial charge in [0.1, 0.15) is 18.3 Å². The molecule has 9 heteroatoms. The number of rotatable bonds is 6. The van der Waals surface area contributed by atoms with Crippen molar-refractivity contribution in [1.82, 2.24) is 15.0 Å². The van der Waals surface area contributed by atoms with Crippen LogP contribution in [0.1, 0.15) is 45.5 Å². The standard InChI is InChI=1S/C15H25N3O6/c1-15(2,3)6-4-5-9-7-18(17-16-9)13-11(21)10(20)12(22)14(24-13)23-8-19/h7-8,10-14,20-22H,4-6H2,1-3H3. The molecule has 9 nitrogen and oxygen atoms in total. The van der Waals surface area contributed by atoms with Gasteiger partial charge in [-0.05, 0) is 24.7 Å². The van der Waals surface area contributed by atoms with Crippen molar-refractivity contribution in [2.24, 2.45) is 5.41 Å². The van der Waals surface area contributed by atoms with E-state index in [0.717, 1.165) is 25.0 Å². The molecule has 5 atom stereocenters. The molecule has 1 aliphatic rings. The van der Waals surface area contributed by atoms with E-state index < -0.39 is 30.8 Å². The molecule has 1 saturated heterocycles. The van der Waals surface area contributed by atoms with Crippen molar-refractivity contribution < 1.29 is 29.6 Å². The lowest BCUT2D eigenvalue weighted by Gasteiger charge is -2.38. The van der Waals surface area contributed by atoms with E-state index in [1.54, 1.807) is 6.20 Å². The fourth-order valence-electron chi connectivity index (χ4n) is 2.57. The Hall–Kier alpha value is -1.55. The lowest BCUT2D eigenvalue weighted by Crippen LogP contribution is -2.56. The topological polar surface area (TPSA) is 127 Å². The van der Waals surface area contributed by atoms with Gasteiger partial charge in [-0.3, -0.25) is 4.79 Å². The van der Waals surface area contributed by atoms with Crippen LogP contribution in [0.15, 0.2) is 6.20 Å². The molecule has 3 N–H and O–H groups in total. The zero-order valence-corrected chi connectivity index (χ0v) is 14.1. The first-order chi connectivity index (χ1) is 11.2. The minimum atomic E-state index is -1.55. The van der Waals surface area contributed by atoms with Gasteiger partial charge in [0.2, 0.25) is 6.29 Å². The van der Waals surface area contributed by atoms with Crippen LogP contribution in [-0.4, -0.2) is 61.4 Å². The van der Waals surface area contributed by atoms with Crippen molar-refractivity contribution in [3.05, 3.63) is 11.9 Å². The molecule has 1 aromatic rings. The highest BCUT2D eigenvalue weighted by Gasteiger charge is 2.46. The maximum absolute atomic E-state index is 10.5. The van der Waals surface area contributed by atoms with Gasteiger partial charge >= 0.3 is 0 Å². The lowest BCUT2D eigenvalue weighted by molar-refractivity contribution is -0.304. The molecule has 0 spiro atoms. The van der Waals surface area contributed by atoms with Crippen LogP contribution in [0.25, 0.3) is 0 Å². The second-order valence-corrected chi connectivity index (χ2v) is 7.20. The van der Waals surface area contributed by atoms with Crippen LogP contribution in [0.4, 0.5) is 0 Å². The molecule has 0 aromatic carbocycles. The Morgan fingerprint density at radius 1 is 1.29 bits per heavy atom. The summed E-state index contributed by atoms with van der Waals surface area (Å²) in [7, 11) is 0. The molecule has 24 heavy (non-hydrogen) atoms. The number of hydrogen-bond acceptors (Lipinski definition) is 8. The highest BCUT2D eigenvalue weighted by Crippen LogP contribution is 2.28. The Labute approximate surface area is 140 Å². The quantitative estimate of drug-likeness (QED) is 0.604. The zero-order valence-electron chi connectivity index (χ0n) is 14.1. The minimum absolute atomic E-state index is 0.106. The molecule has 1 fully saturated rings. The summed E-state index contributed by atoms with van der Waals surface area (Å²) < 4.78 is 11.2. The third-order valence-electron chi connectivity index (χ3n) is 3.91. The first-order valence-corrected chi connectivity index (χ1v) is 7.92. The lowest BCUT2D eigenvalue weighted by atomic mass is 9.89. The number of aliphatic hydroxyl groups is 3. The van der Waals surface area contributed by atoms with Crippen molar-refractivity contribution >= 4 is 6.47 Å². The predicted molar refractivity (Wildman–Crippen MR) is 81.5 cm³/mol. The summed E-state index contributed by atoms with van der Waals surface area (Å²) in [4.78, 5) is 10.5. The Kier molecular flexibility index (Phi) is 5.92. The zero-order chi connectivity index (χ0) is 17.9. The monoisotopic (exact) mass is 343 g/mol. The number of carbonyl (C=O) groups excluding carboxylic acids is 1. The second kappa shape index (κ2) is 7.56. The normalized spacial score (nSPS) is 31.0. The van der Waals surface area contributed by atoms with Crippen LogP contribution in [0.2, 0.25) is 0 Å². The maximum Gasteiger partial charge on any atom is 0.295 e. The van der Waals surface area contributed by atoms with Crippen molar-refractivity contribution in [3.63, 3.8) is 0 Å². The number of aryl methyl sites for hydroxylation is 1. The highest BCUT2D eigenvalue weighted by atomic mass is 16.7. The highest BCUT2D eigenvalue weighted by molar-refractivity contribution is 5.37. The molecule has 1 aliphatic heterocycles. The molecule has 2 rings (SSSR count). The molecule has 0 amide bonds. The fourth-order valence-corrected chi connectivity index (χ4v) is 2.57. The second-order valence-electron chi connectivity index (χ2n) is 7.20. The van der Waals surface area contributed by atoms with E-state index in [4.69, 9.17) is 4.74 Å². The van der Waals surface area contributed by atoms with Crippen molar-refractivity contribution in [2.75, 3.05) is 0 Å². The van der Waals surface area contributed by atoms with Crippen LogP contribution in [0.3, 0.4) is 0 Å². The Bertz CT molecular complexity index is 544. The van der Waals surface area contributed by atoms with Crippen molar-refractivity contribution in [1.29, 1.82) is 0 Å². The number of aromatic nitrogens is 3. The van der Waals surface area contributed by atoms with E-state index in [-0.39, 0.29) is 11.9 Å². The molecule has 2 heterocycles. The number of aliphatic hydroxyl groups excluding tert-OH is 3. The van der Waals surface area contributed by atoms with Gasteiger partial charge in [0, 0.05) is 0 Å². The first kappa shape index (κ1) is 18.8. The molecule has 0 bridgehead atoms. The number of hydrogen-bond donors (Lipinski definition) is 3. The summed E-state index contributed by atoms with van der Waals surface area (Å²) in [5.74, 6) is 0. The van der Waals surface area contributed by atoms with Gasteiger partial charge in [-0.15, -0.1) is 5.10 Å². The Morgan fingerprint density at radius 3 is 2.62 bits per heavy atom.